The van der Waals surface area contributed by atoms with E-state index < -0.39 is 23.3 Å². The van der Waals surface area contributed by atoms with Crippen LogP contribution in [0.25, 0.3) is 0 Å². The van der Waals surface area contributed by atoms with E-state index >= 15 is 0 Å². The fourth-order valence-electron chi connectivity index (χ4n) is 2.18. The molecule has 0 aliphatic carbocycles. The Morgan fingerprint density at radius 2 is 2.12 bits per heavy atom. The number of carbonyl (C=O) groups is 1. The first-order valence-electron chi connectivity index (χ1n) is 7.44. The van der Waals surface area contributed by atoms with Crippen molar-refractivity contribution in [2.75, 3.05) is 11.9 Å². The molecule has 0 bridgehead atoms. The molecule has 0 unspecified atom stereocenters. The number of aryl methyl sites for hydroxylation is 1. The van der Waals surface area contributed by atoms with Gasteiger partial charge in [0.15, 0.2) is 6.61 Å². The van der Waals surface area contributed by atoms with Crippen LogP contribution in [0.4, 0.5) is 15.8 Å². The lowest BCUT2D eigenvalue weighted by Crippen LogP contribution is -2.15. The molecule has 0 fully saturated rings. The Bertz CT molecular complexity index is 872. The molecule has 0 spiro atoms. The maximum Gasteiger partial charge on any atom is 0.341 e. The van der Waals surface area contributed by atoms with E-state index in [1.165, 1.54) is 18.2 Å². The van der Waals surface area contributed by atoms with Crippen LogP contribution >= 0.6 is 12.2 Å². The molecule has 0 heterocycles. The highest BCUT2D eigenvalue weighted by Gasteiger charge is 2.13. The molecule has 9 heteroatoms. The molecule has 0 radical (unpaired) electrons. The van der Waals surface area contributed by atoms with E-state index in [4.69, 9.17) is 22.1 Å². The number of nitrogens with one attached hydrogen (secondary N) is 1. The first-order valence-corrected chi connectivity index (χ1v) is 7.85. The average molecular weight is 378 g/mol. The minimum Gasteiger partial charge on any atom is -0.480 e. The number of hydrogen-bond acceptors (Lipinski definition) is 5. The lowest BCUT2D eigenvalue weighted by atomic mass is 10.1. The van der Waals surface area contributed by atoms with Crippen molar-refractivity contribution in [2.45, 2.75) is 13.3 Å². The number of rotatable bonds is 7. The zero-order valence-corrected chi connectivity index (χ0v) is 14.5. The number of thiocarbonyl (C=S) groups is 1. The zero-order valence-electron chi connectivity index (χ0n) is 13.7. The number of nitrogens with zero attached hydrogens (tertiary/aromatic N) is 1. The molecule has 7 nitrogen and oxygen atoms in total. The minimum absolute atomic E-state index is 0.0110. The van der Waals surface area contributed by atoms with Crippen molar-refractivity contribution < 1.29 is 24.0 Å². The lowest BCUT2D eigenvalue weighted by molar-refractivity contribution is -0.384. The first-order chi connectivity index (χ1) is 12.3. The van der Waals surface area contributed by atoms with Crippen LogP contribution in [0.15, 0.2) is 36.4 Å². The number of anilines is 1. The fourth-order valence-corrected chi connectivity index (χ4v) is 2.46. The fraction of sp³-hybridized carbons (Fsp3) is 0.176. The summed E-state index contributed by atoms with van der Waals surface area (Å²) in [7, 11) is 0. The van der Waals surface area contributed by atoms with Crippen LogP contribution in [0, 0.1) is 22.9 Å². The van der Waals surface area contributed by atoms with Gasteiger partial charge >= 0.3 is 5.97 Å². The second kappa shape index (κ2) is 8.34. The Hall–Kier alpha value is -3.07. The predicted octanol–water partition coefficient (Wildman–Crippen LogP) is 3.49. The molecule has 136 valence electrons. The molecule has 0 aliphatic heterocycles. The summed E-state index contributed by atoms with van der Waals surface area (Å²) in [6.45, 7) is 0.917. The topological polar surface area (TPSA) is 102 Å². The van der Waals surface area contributed by atoms with Gasteiger partial charge in [-0.05, 0) is 24.1 Å². The number of ether oxygens (including phenoxy) is 1. The molecule has 0 amide bonds. The Balaban J connectivity index is 2.17. The van der Waals surface area contributed by atoms with Gasteiger partial charge in [-0.15, -0.1) is 0 Å². The predicted molar refractivity (Wildman–Crippen MR) is 97.3 cm³/mol. The standard InChI is InChI=1S/C17H15FN2O5S/c1-10-5-14(15(8-13(10)18)25-9-17(21)22)19-16(26)7-11-3-2-4-12(6-11)20(23)24/h2-6,8H,7,9H2,1H3,(H,19,26)(H,21,22). The molecule has 0 saturated heterocycles. The van der Waals surface area contributed by atoms with E-state index in [1.807, 2.05) is 0 Å². The highest BCUT2D eigenvalue weighted by molar-refractivity contribution is 7.80. The second-order valence-electron chi connectivity index (χ2n) is 5.43. The highest BCUT2D eigenvalue weighted by atomic mass is 32.1. The van der Waals surface area contributed by atoms with Gasteiger partial charge in [0.2, 0.25) is 0 Å². The lowest BCUT2D eigenvalue weighted by Gasteiger charge is -2.14. The summed E-state index contributed by atoms with van der Waals surface area (Å²) in [5.74, 6) is -1.73. The second-order valence-corrected chi connectivity index (χ2v) is 5.92. The van der Waals surface area contributed by atoms with Crippen LogP contribution in [0.3, 0.4) is 0 Å². The number of carboxylic acid groups (broad SMARTS) is 1. The summed E-state index contributed by atoms with van der Waals surface area (Å²) in [5.41, 5.74) is 1.23. The van der Waals surface area contributed by atoms with E-state index in [-0.39, 0.29) is 17.9 Å². The quantitative estimate of drug-likeness (QED) is 0.432. The van der Waals surface area contributed by atoms with Gasteiger partial charge in [0, 0.05) is 24.6 Å². The molecule has 26 heavy (non-hydrogen) atoms. The summed E-state index contributed by atoms with van der Waals surface area (Å²) in [6.07, 6.45) is 0.214. The number of hydrogen-bond donors (Lipinski definition) is 2. The average Bonchev–Trinajstić information content (AvgIpc) is 2.56. The van der Waals surface area contributed by atoms with Crippen molar-refractivity contribution >= 4 is 34.6 Å². The summed E-state index contributed by atoms with van der Waals surface area (Å²) in [5, 5.41) is 22.4. The van der Waals surface area contributed by atoms with E-state index in [0.717, 1.165) is 6.07 Å². The maximum atomic E-state index is 13.7. The van der Waals surface area contributed by atoms with Crippen LogP contribution in [0.2, 0.25) is 0 Å². The van der Waals surface area contributed by atoms with Crippen molar-refractivity contribution in [3.8, 4) is 5.75 Å². The molecular formula is C17H15FN2O5S. The highest BCUT2D eigenvalue weighted by Crippen LogP contribution is 2.28. The molecule has 0 aromatic heterocycles. The van der Waals surface area contributed by atoms with Gasteiger partial charge in [-0.1, -0.05) is 24.4 Å². The zero-order chi connectivity index (χ0) is 19.3. The summed E-state index contributed by atoms with van der Waals surface area (Å²) in [4.78, 5) is 21.3. The summed E-state index contributed by atoms with van der Waals surface area (Å²) >= 11 is 5.25. The Kier molecular flexibility index (Phi) is 6.18. The van der Waals surface area contributed by atoms with Crippen LogP contribution in [-0.2, 0) is 11.2 Å². The third-order valence-corrected chi connectivity index (χ3v) is 3.62. The molecular weight excluding hydrogens is 363 g/mol. The Labute approximate surface area is 153 Å². The van der Waals surface area contributed by atoms with Crippen LogP contribution in [0.5, 0.6) is 5.75 Å². The largest absolute Gasteiger partial charge is 0.480 e. The van der Waals surface area contributed by atoms with Crippen LogP contribution in [-0.4, -0.2) is 27.6 Å². The first kappa shape index (κ1) is 19.3. The summed E-state index contributed by atoms with van der Waals surface area (Å²) in [6, 6.07) is 8.56. The van der Waals surface area contributed by atoms with Crippen molar-refractivity contribution in [3.63, 3.8) is 0 Å². The van der Waals surface area contributed by atoms with Gasteiger partial charge < -0.3 is 15.2 Å². The van der Waals surface area contributed by atoms with E-state index in [1.54, 1.807) is 19.1 Å². The Morgan fingerprint density at radius 1 is 1.38 bits per heavy atom. The van der Waals surface area contributed by atoms with Crippen molar-refractivity contribution in [3.05, 3.63) is 63.5 Å². The molecule has 0 saturated carbocycles. The van der Waals surface area contributed by atoms with Gasteiger partial charge in [-0.25, -0.2) is 9.18 Å². The third kappa shape index (κ3) is 5.21. The van der Waals surface area contributed by atoms with Crippen LogP contribution < -0.4 is 10.1 Å². The number of nitro benzene ring substituents is 1. The van der Waals surface area contributed by atoms with Gasteiger partial charge in [0.05, 0.1) is 15.6 Å². The number of carboxylic acids is 1. The van der Waals surface area contributed by atoms with Gasteiger partial charge in [-0.3, -0.25) is 10.1 Å². The number of halogens is 1. The number of benzene rings is 2. The Morgan fingerprint density at radius 3 is 2.77 bits per heavy atom. The molecule has 2 aromatic rings. The van der Waals surface area contributed by atoms with Gasteiger partial charge in [-0.2, -0.15) is 0 Å². The van der Waals surface area contributed by atoms with Crippen LogP contribution in [0.1, 0.15) is 11.1 Å². The van der Waals surface area contributed by atoms with Crippen molar-refractivity contribution in [1.29, 1.82) is 0 Å². The third-order valence-electron chi connectivity index (χ3n) is 3.37. The van der Waals surface area contributed by atoms with Crippen molar-refractivity contribution in [2.24, 2.45) is 0 Å². The van der Waals surface area contributed by atoms with Gasteiger partial charge in [0.25, 0.3) is 5.69 Å². The molecule has 2 N–H and O–H groups in total. The molecule has 2 aromatic carbocycles. The van der Waals surface area contributed by atoms with E-state index in [9.17, 15) is 19.3 Å². The SMILES string of the molecule is Cc1cc(NC(=S)Cc2cccc([N+](=O)[O-])c2)c(OCC(=O)O)cc1F. The smallest absolute Gasteiger partial charge is 0.341 e. The maximum absolute atomic E-state index is 13.7. The normalized spacial score (nSPS) is 10.2. The summed E-state index contributed by atoms with van der Waals surface area (Å²) < 4.78 is 18.8. The van der Waals surface area contributed by atoms with Crippen molar-refractivity contribution in [1.82, 2.24) is 0 Å². The molecule has 0 atom stereocenters. The monoisotopic (exact) mass is 378 g/mol. The molecule has 2 rings (SSSR count). The van der Waals surface area contributed by atoms with E-state index in [0.29, 0.717) is 21.8 Å². The number of non-ortho nitro benzene ring substituents is 1. The number of aliphatic carboxylic acids is 1. The molecule has 0 aliphatic rings. The van der Waals surface area contributed by atoms with Gasteiger partial charge in [0.1, 0.15) is 11.6 Å². The minimum atomic E-state index is -1.20. The van der Waals surface area contributed by atoms with E-state index in [2.05, 4.69) is 5.32 Å². The number of nitro groups is 1.